The summed E-state index contributed by atoms with van der Waals surface area (Å²) in [5, 5.41) is 7.88. The Labute approximate surface area is 244 Å². The van der Waals surface area contributed by atoms with Crippen LogP contribution in [0.5, 0.6) is 0 Å². The van der Waals surface area contributed by atoms with Crippen molar-refractivity contribution in [1.82, 2.24) is 25.5 Å². The van der Waals surface area contributed by atoms with Crippen LogP contribution in [0.2, 0.25) is 0 Å². The van der Waals surface area contributed by atoms with Gasteiger partial charge in [0.15, 0.2) is 0 Å². The van der Waals surface area contributed by atoms with Gasteiger partial charge in [-0.05, 0) is 48.4 Å². The summed E-state index contributed by atoms with van der Waals surface area (Å²) in [5.74, 6) is -2.01. The second-order valence-corrected chi connectivity index (χ2v) is 11.6. The van der Waals surface area contributed by atoms with Crippen LogP contribution in [0.1, 0.15) is 44.0 Å². The molecule has 1 aliphatic rings. The number of aryl methyl sites for hydroxylation is 1. The van der Waals surface area contributed by atoms with Gasteiger partial charge in [0.1, 0.15) is 11.6 Å². The lowest BCUT2D eigenvalue weighted by Gasteiger charge is -2.38. The van der Waals surface area contributed by atoms with E-state index in [-0.39, 0.29) is 24.8 Å². The molecular formula is C32H38N6O4. The van der Waals surface area contributed by atoms with E-state index in [0.717, 1.165) is 38.6 Å². The van der Waals surface area contributed by atoms with Crippen LogP contribution in [0.3, 0.4) is 0 Å². The maximum atomic E-state index is 13.9. The van der Waals surface area contributed by atoms with Crippen molar-refractivity contribution in [3.8, 4) is 0 Å². The predicted octanol–water partition coefficient (Wildman–Crippen LogP) is 2.71. The molecule has 10 heteroatoms. The number of rotatable bonds is 10. The number of para-hydroxylation sites is 2. The molecule has 4 amide bonds. The quantitative estimate of drug-likeness (QED) is 0.199. The van der Waals surface area contributed by atoms with Gasteiger partial charge < -0.3 is 31.2 Å². The van der Waals surface area contributed by atoms with E-state index in [1.807, 2.05) is 54.7 Å². The zero-order valence-corrected chi connectivity index (χ0v) is 24.3. The van der Waals surface area contributed by atoms with Crippen molar-refractivity contribution in [3.63, 3.8) is 0 Å². The van der Waals surface area contributed by atoms with Crippen molar-refractivity contribution in [1.29, 1.82) is 0 Å². The third-order valence-electron chi connectivity index (χ3n) is 8.36. The summed E-state index contributed by atoms with van der Waals surface area (Å²) >= 11 is 0. The highest BCUT2D eigenvalue weighted by molar-refractivity contribution is 5.97. The first-order valence-electron chi connectivity index (χ1n) is 14.4. The van der Waals surface area contributed by atoms with E-state index in [1.54, 1.807) is 13.8 Å². The largest absolute Gasteiger partial charge is 0.368 e. The molecule has 2 heterocycles. The van der Waals surface area contributed by atoms with Crippen LogP contribution in [0.15, 0.2) is 54.7 Å². The molecular weight excluding hydrogens is 532 g/mol. The predicted molar refractivity (Wildman–Crippen MR) is 161 cm³/mol. The van der Waals surface area contributed by atoms with Crippen LogP contribution in [0.25, 0.3) is 21.8 Å². The lowest BCUT2D eigenvalue weighted by Crippen LogP contribution is -2.65. The Hall–Kier alpha value is -4.60. The topological polar surface area (TPSA) is 153 Å². The third kappa shape index (κ3) is 5.74. The Morgan fingerprint density at radius 3 is 2.40 bits per heavy atom. The van der Waals surface area contributed by atoms with E-state index in [4.69, 9.17) is 5.73 Å². The molecule has 2 atom stereocenters. The minimum Gasteiger partial charge on any atom is -0.368 e. The maximum absolute atomic E-state index is 13.9. The average molecular weight is 571 g/mol. The number of nitrogens with one attached hydrogen (secondary N) is 4. The molecule has 220 valence electrons. The van der Waals surface area contributed by atoms with Crippen molar-refractivity contribution in [2.75, 3.05) is 13.1 Å². The van der Waals surface area contributed by atoms with Gasteiger partial charge in [-0.25, -0.2) is 0 Å². The van der Waals surface area contributed by atoms with E-state index in [1.165, 1.54) is 11.8 Å². The number of benzene rings is 2. The number of aromatic nitrogens is 2. The smallest absolute Gasteiger partial charge is 0.246 e. The number of primary amides is 1. The zero-order valence-electron chi connectivity index (χ0n) is 24.3. The molecule has 0 saturated carbocycles. The molecule has 2 aromatic carbocycles. The van der Waals surface area contributed by atoms with Crippen molar-refractivity contribution in [2.45, 2.75) is 58.0 Å². The number of aromatic amines is 2. The number of hydrogen-bond acceptors (Lipinski definition) is 4. The first kappa shape index (κ1) is 28.9. The molecule has 0 unspecified atom stereocenters. The molecule has 10 nitrogen and oxygen atoms in total. The summed E-state index contributed by atoms with van der Waals surface area (Å²) in [7, 11) is 0. The summed E-state index contributed by atoms with van der Waals surface area (Å²) in [6, 6.07) is 14.9. The monoisotopic (exact) mass is 570 g/mol. The number of nitrogens with two attached hydrogens (primary N) is 1. The molecule has 0 radical (unpaired) electrons. The third-order valence-corrected chi connectivity index (χ3v) is 8.36. The highest BCUT2D eigenvalue weighted by Gasteiger charge is 2.45. The number of nitrogens with zero attached hydrogens (tertiary/aromatic N) is 1. The van der Waals surface area contributed by atoms with Crippen LogP contribution >= 0.6 is 0 Å². The molecule has 1 aliphatic carbocycles. The Bertz CT molecular complexity index is 1650. The van der Waals surface area contributed by atoms with E-state index in [2.05, 4.69) is 20.6 Å². The summed E-state index contributed by atoms with van der Waals surface area (Å²) in [5.41, 5.74) is 9.29. The van der Waals surface area contributed by atoms with Crippen molar-refractivity contribution in [3.05, 3.63) is 71.5 Å². The van der Waals surface area contributed by atoms with Gasteiger partial charge in [0.25, 0.3) is 0 Å². The van der Waals surface area contributed by atoms with Crippen molar-refractivity contribution < 1.29 is 19.2 Å². The minimum absolute atomic E-state index is 0.198. The Kier molecular flexibility index (Phi) is 8.06. The molecule has 0 fully saturated rings. The van der Waals surface area contributed by atoms with Gasteiger partial charge in [0, 0.05) is 53.6 Å². The number of carbonyl (C=O) groups excluding carboxylic acids is 4. The van der Waals surface area contributed by atoms with E-state index in [9.17, 15) is 19.2 Å². The molecule has 42 heavy (non-hydrogen) atoms. The number of H-pyrrole nitrogens is 2. The summed E-state index contributed by atoms with van der Waals surface area (Å²) in [6.45, 7) is 5.18. The van der Waals surface area contributed by atoms with Crippen molar-refractivity contribution in [2.24, 2.45) is 11.7 Å². The lowest BCUT2D eigenvalue weighted by atomic mass is 9.78. The Morgan fingerprint density at radius 2 is 1.71 bits per heavy atom. The first-order valence-corrected chi connectivity index (χ1v) is 14.4. The zero-order chi connectivity index (χ0) is 30.0. The fourth-order valence-corrected chi connectivity index (χ4v) is 6.02. The summed E-state index contributed by atoms with van der Waals surface area (Å²) in [6.07, 6.45) is 3.58. The summed E-state index contributed by atoms with van der Waals surface area (Å²) < 4.78 is 0. The molecule has 2 aromatic heterocycles. The molecule has 0 spiro atoms. The highest BCUT2D eigenvalue weighted by Crippen LogP contribution is 2.34. The Balaban J connectivity index is 1.38. The minimum atomic E-state index is -1.32. The molecule has 5 rings (SSSR count). The number of carbonyl (C=O) groups is 4. The highest BCUT2D eigenvalue weighted by atomic mass is 16.2. The van der Waals surface area contributed by atoms with Crippen molar-refractivity contribution >= 4 is 45.4 Å². The van der Waals surface area contributed by atoms with Crippen LogP contribution in [-0.2, 0) is 38.4 Å². The molecule has 0 aliphatic heterocycles. The van der Waals surface area contributed by atoms with Gasteiger partial charge in [-0.2, -0.15) is 0 Å². The van der Waals surface area contributed by atoms with Gasteiger partial charge in [0.2, 0.25) is 23.6 Å². The SMILES string of the molecule is CC(=O)N(CCc1c[nH]c2ccccc12)CC(=O)N[C@@]1(C(=O)N[C@H](C(N)=O)C(C)C)CCc2[nH]c3ccccc3c2C1. The second kappa shape index (κ2) is 11.7. The normalized spacial score (nSPS) is 17.1. The maximum Gasteiger partial charge on any atom is 0.246 e. The molecule has 0 saturated heterocycles. The van der Waals surface area contributed by atoms with Crippen LogP contribution in [0.4, 0.5) is 0 Å². The molecule has 6 N–H and O–H groups in total. The lowest BCUT2D eigenvalue weighted by molar-refractivity contribution is -0.139. The van der Waals surface area contributed by atoms with Gasteiger partial charge in [-0.15, -0.1) is 0 Å². The standard InChI is InChI=1S/C32H38N6O4/c1-19(2)29(30(33)41)36-31(42)32(14-12-27-24(16-32)23-9-5-7-11-26(23)35-27)37-28(40)18-38(20(3)39)15-13-21-17-34-25-10-6-4-8-22(21)25/h4-11,17,19,29,34-35H,12-16,18H2,1-3H3,(H2,33,41)(H,36,42)(H,37,40)/t29-,32-/m0/s1. The number of fused-ring (bicyclic) bond motifs is 4. The average Bonchev–Trinajstić information content (AvgIpc) is 3.54. The fourth-order valence-electron chi connectivity index (χ4n) is 6.02. The van der Waals surface area contributed by atoms with E-state index in [0.29, 0.717) is 25.8 Å². The van der Waals surface area contributed by atoms with Gasteiger partial charge in [0.05, 0.1) is 6.54 Å². The van der Waals surface area contributed by atoms with Crippen LogP contribution in [0, 0.1) is 5.92 Å². The molecule has 0 bridgehead atoms. The first-order chi connectivity index (χ1) is 20.1. The van der Waals surface area contributed by atoms with E-state index < -0.39 is 29.3 Å². The second-order valence-electron chi connectivity index (χ2n) is 11.6. The van der Waals surface area contributed by atoms with E-state index >= 15 is 0 Å². The fraction of sp³-hybridized carbons (Fsp3) is 0.375. The van der Waals surface area contributed by atoms with Gasteiger partial charge in [-0.3, -0.25) is 19.2 Å². The Morgan fingerprint density at radius 1 is 1.02 bits per heavy atom. The van der Waals surface area contributed by atoms with Gasteiger partial charge in [-0.1, -0.05) is 50.2 Å². The number of hydrogen-bond donors (Lipinski definition) is 5. The van der Waals surface area contributed by atoms with Gasteiger partial charge >= 0.3 is 0 Å². The van der Waals surface area contributed by atoms with Crippen LogP contribution < -0.4 is 16.4 Å². The number of amides is 4. The summed E-state index contributed by atoms with van der Waals surface area (Å²) in [4.78, 5) is 60.4. The molecule has 4 aromatic rings. The van der Waals surface area contributed by atoms with Crippen LogP contribution in [-0.4, -0.2) is 63.2 Å².